The Morgan fingerprint density at radius 1 is 1.28 bits per heavy atom. The average Bonchev–Trinajstić information content (AvgIpc) is 2.52. The number of carboxylic acid groups (broad SMARTS) is 1. The number of benzene rings is 1. The van der Waals surface area contributed by atoms with Gasteiger partial charge in [0.15, 0.2) is 0 Å². The molecule has 2 N–H and O–H groups in total. The highest BCUT2D eigenvalue weighted by Crippen LogP contribution is 2.27. The third-order valence-corrected chi connectivity index (χ3v) is 5.33. The zero-order valence-electron chi connectivity index (χ0n) is 14.9. The van der Waals surface area contributed by atoms with Crippen molar-refractivity contribution in [1.29, 1.82) is 0 Å². The highest BCUT2D eigenvalue weighted by atomic mass is 32.2. The van der Waals surface area contributed by atoms with Crippen molar-refractivity contribution >= 4 is 21.9 Å². The van der Waals surface area contributed by atoms with E-state index in [2.05, 4.69) is 5.32 Å². The fraction of sp³-hybridized carbons (Fsp3) is 0.500. The van der Waals surface area contributed by atoms with Crippen LogP contribution in [0.4, 0.5) is 0 Å². The van der Waals surface area contributed by atoms with E-state index in [4.69, 9.17) is 4.74 Å². The first kappa shape index (κ1) is 20.9. The van der Waals surface area contributed by atoms with Gasteiger partial charge in [-0.3, -0.25) is 4.79 Å². The molecule has 1 rings (SSSR count). The lowest BCUT2D eigenvalue weighted by Gasteiger charge is -2.18. The molecule has 0 fully saturated rings. The number of ether oxygens (including phenoxy) is 1. The summed E-state index contributed by atoms with van der Waals surface area (Å²) in [7, 11) is 0.230. The van der Waals surface area contributed by atoms with Gasteiger partial charge in [-0.1, -0.05) is 13.8 Å². The van der Waals surface area contributed by atoms with E-state index >= 15 is 0 Å². The molecule has 0 heterocycles. The van der Waals surface area contributed by atoms with E-state index in [1.54, 1.807) is 0 Å². The Morgan fingerprint density at radius 3 is 2.32 bits per heavy atom. The van der Waals surface area contributed by atoms with Crippen LogP contribution in [-0.4, -0.2) is 57.0 Å². The molecule has 140 valence electrons. The Kier molecular flexibility index (Phi) is 6.95. The predicted octanol–water partition coefficient (Wildman–Crippen LogP) is 1.17. The lowest BCUT2D eigenvalue weighted by Crippen LogP contribution is -2.41. The standard InChI is InChI=1S/C16H24N2O6S/c1-10(2)8-12(16(20)21)17-15(19)11-6-7-13(24-5)14(9-11)25(22,23)18(3)4/h6-7,9-10,12H,8H2,1-5H3,(H,17,19)(H,20,21)/t12-/m1/s1. The monoisotopic (exact) mass is 372 g/mol. The van der Waals surface area contributed by atoms with Crippen LogP contribution < -0.4 is 10.1 Å². The molecule has 0 saturated heterocycles. The molecule has 1 aromatic carbocycles. The molecule has 9 heteroatoms. The second-order valence-corrected chi connectivity index (χ2v) is 8.27. The van der Waals surface area contributed by atoms with Crippen LogP contribution in [0.5, 0.6) is 5.75 Å². The van der Waals surface area contributed by atoms with E-state index in [9.17, 15) is 23.1 Å². The van der Waals surface area contributed by atoms with Crippen molar-refractivity contribution in [2.24, 2.45) is 5.92 Å². The van der Waals surface area contributed by atoms with Crippen molar-refractivity contribution in [3.63, 3.8) is 0 Å². The molecule has 0 aromatic heterocycles. The number of carbonyl (C=O) groups excluding carboxylic acids is 1. The second-order valence-electron chi connectivity index (χ2n) is 6.15. The first-order chi connectivity index (χ1) is 11.5. The Hall–Kier alpha value is -2.13. The Bertz CT molecular complexity index is 743. The zero-order valence-corrected chi connectivity index (χ0v) is 15.8. The number of sulfonamides is 1. The van der Waals surface area contributed by atoms with E-state index in [0.29, 0.717) is 0 Å². The molecule has 0 spiro atoms. The maximum Gasteiger partial charge on any atom is 0.326 e. The van der Waals surface area contributed by atoms with Gasteiger partial charge in [0.25, 0.3) is 5.91 Å². The van der Waals surface area contributed by atoms with Crippen molar-refractivity contribution in [2.45, 2.75) is 31.2 Å². The van der Waals surface area contributed by atoms with E-state index in [1.807, 2.05) is 13.8 Å². The maximum absolute atomic E-state index is 12.4. The molecule has 0 radical (unpaired) electrons. The molecule has 1 atom stereocenters. The fourth-order valence-electron chi connectivity index (χ4n) is 2.15. The summed E-state index contributed by atoms with van der Waals surface area (Å²) in [4.78, 5) is 23.5. The molecule has 0 aliphatic heterocycles. The summed E-state index contributed by atoms with van der Waals surface area (Å²) in [5, 5.41) is 11.6. The Balaban J connectivity index is 3.22. The van der Waals surface area contributed by atoms with Crippen LogP contribution in [0.3, 0.4) is 0 Å². The van der Waals surface area contributed by atoms with Gasteiger partial charge in [-0.2, -0.15) is 0 Å². The summed E-state index contributed by atoms with van der Waals surface area (Å²) in [6, 6.07) is 2.88. The van der Waals surface area contributed by atoms with Gasteiger partial charge in [-0.15, -0.1) is 0 Å². The first-order valence-corrected chi connectivity index (χ1v) is 9.09. The van der Waals surface area contributed by atoms with Crippen LogP contribution in [0.2, 0.25) is 0 Å². The smallest absolute Gasteiger partial charge is 0.326 e. The van der Waals surface area contributed by atoms with E-state index in [-0.39, 0.29) is 28.5 Å². The quantitative estimate of drug-likeness (QED) is 0.708. The first-order valence-electron chi connectivity index (χ1n) is 7.65. The largest absolute Gasteiger partial charge is 0.495 e. The SMILES string of the molecule is COc1ccc(C(=O)N[C@H](CC(C)C)C(=O)O)cc1S(=O)(=O)N(C)C. The molecule has 1 amide bonds. The van der Waals surface area contributed by atoms with Crippen LogP contribution in [0.25, 0.3) is 0 Å². The van der Waals surface area contributed by atoms with Crippen LogP contribution in [0.15, 0.2) is 23.1 Å². The van der Waals surface area contributed by atoms with Crippen LogP contribution in [-0.2, 0) is 14.8 Å². The third-order valence-electron chi connectivity index (χ3n) is 3.49. The molecule has 0 aliphatic rings. The van der Waals surface area contributed by atoms with E-state index < -0.39 is 27.9 Å². The van der Waals surface area contributed by atoms with Gasteiger partial charge in [0.05, 0.1) is 7.11 Å². The lowest BCUT2D eigenvalue weighted by molar-refractivity contribution is -0.139. The van der Waals surface area contributed by atoms with Gasteiger partial charge >= 0.3 is 5.97 Å². The highest BCUT2D eigenvalue weighted by Gasteiger charge is 2.26. The van der Waals surface area contributed by atoms with E-state index in [1.165, 1.54) is 39.4 Å². The normalized spacial score (nSPS) is 12.9. The summed E-state index contributed by atoms with van der Waals surface area (Å²) < 4.78 is 30.8. The minimum atomic E-state index is -3.83. The second kappa shape index (κ2) is 8.30. The topological polar surface area (TPSA) is 113 Å². The minimum absolute atomic E-state index is 0.0382. The summed E-state index contributed by atoms with van der Waals surface area (Å²) in [5.74, 6) is -1.63. The molecular formula is C16H24N2O6S. The van der Waals surface area contributed by atoms with Gasteiger partial charge in [-0.25, -0.2) is 17.5 Å². The van der Waals surface area contributed by atoms with Crippen molar-refractivity contribution in [3.8, 4) is 5.75 Å². The third kappa shape index (κ3) is 5.17. The number of hydrogen-bond donors (Lipinski definition) is 2. The molecule has 0 unspecified atom stereocenters. The molecule has 25 heavy (non-hydrogen) atoms. The molecule has 0 bridgehead atoms. The number of aliphatic carboxylic acids is 1. The molecule has 1 aromatic rings. The molecular weight excluding hydrogens is 348 g/mol. The number of methoxy groups -OCH3 is 1. The van der Waals surface area contributed by atoms with Gasteiger partial charge in [-0.05, 0) is 30.5 Å². The number of nitrogens with one attached hydrogen (secondary N) is 1. The number of rotatable bonds is 8. The summed E-state index contributed by atoms with van der Waals surface area (Å²) in [5.41, 5.74) is 0.0382. The highest BCUT2D eigenvalue weighted by molar-refractivity contribution is 7.89. The number of carbonyl (C=O) groups is 2. The predicted molar refractivity (Wildman–Crippen MR) is 92.2 cm³/mol. The number of amides is 1. The summed E-state index contributed by atoms with van der Waals surface area (Å²) in [6.07, 6.45) is 0.264. The minimum Gasteiger partial charge on any atom is -0.495 e. The van der Waals surface area contributed by atoms with Crippen LogP contribution in [0, 0.1) is 5.92 Å². The van der Waals surface area contributed by atoms with Gasteiger partial charge in [0.2, 0.25) is 10.0 Å². The average molecular weight is 372 g/mol. The molecule has 0 aliphatic carbocycles. The fourth-order valence-corrected chi connectivity index (χ4v) is 3.23. The Morgan fingerprint density at radius 2 is 1.88 bits per heavy atom. The lowest BCUT2D eigenvalue weighted by atomic mass is 10.0. The molecule has 8 nitrogen and oxygen atoms in total. The van der Waals surface area contributed by atoms with Crippen molar-refractivity contribution in [1.82, 2.24) is 9.62 Å². The van der Waals surface area contributed by atoms with E-state index in [0.717, 1.165) is 4.31 Å². The van der Waals surface area contributed by atoms with Crippen molar-refractivity contribution in [3.05, 3.63) is 23.8 Å². The summed E-state index contributed by atoms with van der Waals surface area (Å²) in [6.45, 7) is 3.69. The molecule has 0 saturated carbocycles. The number of carboxylic acids is 1. The van der Waals surface area contributed by atoms with Gasteiger partial charge < -0.3 is 15.2 Å². The van der Waals surface area contributed by atoms with Gasteiger partial charge in [0.1, 0.15) is 16.7 Å². The zero-order chi connectivity index (χ0) is 19.4. The van der Waals surface area contributed by atoms with Crippen LogP contribution >= 0.6 is 0 Å². The number of nitrogens with zero attached hydrogens (tertiary/aromatic N) is 1. The Labute approximate surface area is 147 Å². The van der Waals surface area contributed by atoms with Crippen molar-refractivity contribution in [2.75, 3.05) is 21.2 Å². The summed E-state index contributed by atoms with van der Waals surface area (Å²) >= 11 is 0. The van der Waals surface area contributed by atoms with Gasteiger partial charge in [0, 0.05) is 19.7 Å². The maximum atomic E-state index is 12.4. The van der Waals surface area contributed by atoms with Crippen molar-refractivity contribution < 1.29 is 27.9 Å². The van der Waals surface area contributed by atoms with Crippen LogP contribution in [0.1, 0.15) is 30.6 Å². The number of hydrogen-bond acceptors (Lipinski definition) is 5.